The molecule has 3 rings (SSSR count). The molecule has 4 nitrogen and oxygen atoms in total. The van der Waals surface area contributed by atoms with Gasteiger partial charge in [-0.15, -0.1) is 0 Å². The maximum Gasteiger partial charge on any atom is 0.214 e. The van der Waals surface area contributed by atoms with Crippen LogP contribution in [0.5, 0.6) is 0 Å². The fourth-order valence-corrected chi connectivity index (χ4v) is 2.20. The molecule has 0 radical (unpaired) electrons. The molecule has 0 aliphatic heterocycles. The maximum absolute atomic E-state index is 13.7. The molecule has 0 saturated carbocycles. The summed E-state index contributed by atoms with van der Waals surface area (Å²) in [6.07, 6.45) is 1.59. The van der Waals surface area contributed by atoms with Gasteiger partial charge in [0.25, 0.3) is 0 Å². The molecule has 0 atom stereocenters. The largest absolute Gasteiger partial charge is 0.439 e. The van der Waals surface area contributed by atoms with Gasteiger partial charge in [-0.2, -0.15) is 5.26 Å². The minimum absolute atomic E-state index is 0.245. The lowest BCUT2D eigenvalue weighted by Gasteiger charge is -2.05. The predicted molar refractivity (Wildman–Crippen MR) is 85.4 cm³/mol. The summed E-state index contributed by atoms with van der Waals surface area (Å²) in [5.41, 5.74) is 1.72. The second-order valence-corrected chi connectivity index (χ2v) is 5.22. The standard InChI is InChI=1S/C17H11ClFN3O/c18-13-5-6-15(14(19)7-13)21-10-17-22-9-16(23-17)12-3-1-11(8-20)2-4-12/h1-7,9,21H,10H2. The Balaban J connectivity index is 1.70. The smallest absolute Gasteiger partial charge is 0.214 e. The summed E-state index contributed by atoms with van der Waals surface area (Å²) >= 11 is 5.71. The molecule has 1 aromatic heterocycles. The third-order valence-corrected chi connectivity index (χ3v) is 3.45. The number of aromatic nitrogens is 1. The Bertz CT molecular complexity index is 868. The molecule has 6 heteroatoms. The van der Waals surface area contributed by atoms with Crippen LogP contribution in [0, 0.1) is 17.1 Å². The van der Waals surface area contributed by atoms with Crippen molar-refractivity contribution in [3.8, 4) is 17.4 Å². The number of nitriles is 1. The van der Waals surface area contributed by atoms with Gasteiger partial charge in [-0.25, -0.2) is 9.37 Å². The van der Waals surface area contributed by atoms with Crippen LogP contribution in [0.15, 0.2) is 53.1 Å². The van der Waals surface area contributed by atoms with Crippen LogP contribution in [0.1, 0.15) is 11.5 Å². The molecule has 1 heterocycles. The Morgan fingerprint density at radius 3 is 2.70 bits per heavy atom. The highest BCUT2D eigenvalue weighted by Crippen LogP contribution is 2.22. The Hall–Kier alpha value is -2.84. The van der Waals surface area contributed by atoms with Crippen molar-refractivity contribution >= 4 is 17.3 Å². The van der Waals surface area contributed by atoms with Gasteiger partial charge in [-0.05, 0) is 42.5 Å². The summed E-state index contributed by atoms with van der Waals surface area (Å²) in [5.74, 6) is 0.581. The summed E-state index contributed by atoms with van der Waals surface area (Å²) in [6, 6.07) is 13.4. The molecule has 23 heavy (non-hydrogen) atoms. The van der Waals surface area contributed by atoms with Crippen LogP contribution in [0.3, 0.4) is 0 Å². The van der Waals surface area contributed by atoms with E-state index >= 15 is 0 Å². The van der Waals surface area contributed by atoms with E-state index in [1.165, 1.54) is 6.07 Å². The molecule has 0 spiro atoms. The summed E-state index contributed by atoms with van der Waals surface area (Å²) in [4.78, 5) is 4.15. The highest BCUT2D eigenvalue weighted by molar-refractivity contribution is 6.30. The topological polar surface area (TPSA) is 61.9 Å². The van der Waals surface area contributed by atoms with Crippen LogP contribution in [-0.4, -0.2) is 4.98 Å². The number of benzene rings is 2. The molecule has 0 bridgehead atoms. The first-order valence-corrected chi connectivity index (χ1v) is 7.17. The van der Waals surface area contributed by atoms with Crippen molar-refractivity contribution in [2.45, 2.75) is 6.54 Å². The van der Waals surface area contributed by atoms with Gasteiger partial charge in [0.2, 0.25) is 5.89 Å². The third-order valence-electron chi connectivity index (χ3n) is 3.21. The van der Waals surface area contributed by atoms with Gasteiger partial charge < -0.3 is 9.73 Å². The first-order valence-electron chi connectivity index (χ1n) is 6.80. The van der Waals surface area contributed by atoms with Gasteiger partial charge in [0.05, 0.1) is 30.1 Å². The minimum Gasteiger partial charge on any atom is -0.439 e. The van der Waals surface area contributed by atoms with Crippen LogP contribution in [0.25, 0.3) is 11.3 Å². The molecule has 0 amide bonds. The quantitative estimate of drug-likeness (QED) is 0.759. The fourth-order valence-electron chi connectivity index (χ4n) is 2.04. The second kappa shape index (κ2) is 6.51. The molecule has 0 saturated heterocycles. The van der Waals surface area contributed by atoms with Crippen molar-refractivity contribution in [3.63, 3.8) is 0 Å². The van der Waals surface area contributed by atoms with E-state index in [9.17, 15) is 4.39 Å². The van der Waals surface area contributed by atoms with E-state index in [1.54, 1.807) is 42.6 Å². The van der Waals surface area contributed by atoms with Crippen LogP contribution in [-0.2, 0) is 6.54 Å². The van der Waals surface area contributed by atoms with Gasteiger partial charge >= 0.3 is 0 Å². The number of hydrogen-bond donors (Lipinski definition) is 1. The summed E-state index contributed by atoms with van der Waals surface area (Å²) in [5, 5.41) is 12.0. The zero-order chi connectivity index (χ0) is 16.2. The van der Waals surface area contributed by atoms with E-state index < -0.39 is 5.82 Å². The summed E-state index contributed by atoms with van der Waals surface area (Å²) in [7, 11) is 0. The van der Waals surface area contributed by atoms with Crippen LogP contribution < -0.4 is 5.32 Å². The van der Waals surface area contributed by atoms with Crippen molar-refractivity contribution in [1.82, 2.24) is 4.98 Å². The lowest BCUT2D eigenvalue weighted by molar-refractivity contribution is 0.515. The van der Waals surface area contributed by atoms with E-state index in [0.717, 1.165) is 5.56 Å². The van der Waals surface area contributed by atoms with E-state index in [0.29, 0.717) is 27.9 Å². The Labute approximate surface area is 137 Å². The summed E-state index contributed by atoms with van der Waals surface area (Å²) in [6.45, 7) is 0.245. The molecule has 1 N–H and O–H groups in total. The average Bonchev–Trinajstić information content (AvgIpc) is 3.03. The van der Waals surface area contributed by atoms with Crippen LogP contribution >= 0.6 is 11.6 Å². The zero-order valence-corrected chi connectivity index (χ0v) is 12.6. The molecule has 0 fully saturated rings. The van der Waals surface area contributed by atoms with E-state index in [1.807, 2.05) is 0 Å². The molecule has 0 unspecified atom stereocenters. The van der Waals surface area contributed by atoms with Gasteiger partial charge in [-0.1, -0.05) is 11.6 Å². The molecule has 2 aromatic carbocycles. The average molecular weight is 328 g/mol. The van der Waals surface area contributed by atoms with E-state index in [4.69, 9.17) is 21.3 Å². The highest BCUT2D eigenvalue weighted by atomic mass is 35.5. The van der Waals surface area contributed by atoms with Crippen LogP contribution in [0.2, 0.25) is 5.02 Å². The molecular weight excluding hydrogens is 317 g/mol. The van der Waals surface area contributed by atoms with Crippen molar-refractivity contribution in [1.29, 1.82) is 5.26 Å². The fraction of sp³-hybridized carbons (Fsp3) is 0.0588. The Morgan fingerprint density at radius 2 is 2.00 bits per heavy atom. The first-order chi connectivity index (χ1) is 11.2. The highest BCUT2D eigenvalue weighted by Gasteiger charge is 2.08. The predicted octanol–water partition coefficient (Wildman–Crippen LogP) is 4.62. The third kappa shape index (κ3) is 3.50. The van der Waals surface area contributed by atoms with E-state index in [2.05, 4.69) is 16.4 Å². The number of anilines is 1. The maximum atomic E-state index is 13.7. The zero-order valence-electron chi connectivity index (χ0n) is 11.9. The number of halogens is 2. The normalized spacial score (nSPS) is 10.3. The van der Waals surface area contributed by atoms with Gasteiger partial charge in [0.15, 0.2) is 5.76 Å². The second-order valence-electron chi connectivity index (χ2n) is 4.79. The van der Waals surface area contributed by atoms with Gasteiger partial charge in [0.1, 0.15) is 5.82 Å². The molecular formula is C17H11ClFN3O. The first kappa shape index (κ1) is 15.1. The number of nitrogens with zero attached hydrogens (tertiary/aromatic N) is 2. The molecule has 0 aliphatic carbocycles. The summed E-state index contributed by atoms with van der Waals surface area (Å²) < 4.78 is 19.3. The van der Waals surface area contributed by atoms with Crippen LogP contribution in [0.4, 0.5) is 10.1 Å². The van der Waals surface area contributed by atoms with Crippen molar-refractivity contribution in [2.24, 2.45) is 0 Å². The number of hydrogen-bond acceptors (Lipinski definition) is 4. The number of oxazole rings is 1. The molecule has 0 aliphatic rings. The molecule has 3 aromatic rings. The Morgan fingerprint density at radius 1 is 1.22 bits per heavy atom. The van der Waals surface area contributed by atoms with Crippen molar-refractivity contribution in [2.75, 3.05) is 5.32 Å². The minimum atomic E-state index is -0.434. The molecule has 114 valence electrons. The lowest BCUT2D eigenvalue weighted by Crippen LogP contribution is -2.01. The van der Waals surface area contributed by atoms with E-state index in [-0.39, 0.29) is 6.54 Å². The SMILES string of the molecule is N#Cc1ccc(-c2cnc(CNc3ccc(Cl)cc3F)o2)cc1. The monoisotopic (exact) mass is 327 g/mol. The lowest BCUT2D eigenvalue weighted by atomic mass is 10.1. The number of nitrogens with one attached hydrogen (secondary N) is 1. The Kier molecular flexibility index (Phi) is 4.26. The van der Waals surface area contributed by atoms with Crippen molar-refractivity contribution < 1.29 is 8.81 Å². The van der Waals surface area contributed by atoms with Gasteiger partial charge in [0, 0.05) is 10.6 Å². The van der Waals surface area contributed by atoms with Crippen molar-refractivity contribution in [3.05, 3.63) is 71.0 Å². The number of rotatable bonds is 4. The van der Waals surface area contributed by atoms with Gasteiger partial charge in [-0.3, -0.25) is 0 Å².